The average molecular weight is 196 g/mol. The first-order chi connectivity index (χ1) is 6.38. The van der Waals surface area contributed by atoms with Crippen LogP contribution < -0.4 is 0 Å². The van der Waals surface area contributed by atoms with E-state index in [4.69, 9.17) is 4.74 Å². The van der Waals surface area contributed by atoms with Gasteiger partial charge >= 0.3 is 5.97 Å². The fourth-order valence-electron chi connectivity index (χ4n) is 0.724. The van der Waals surface area contributed by atoms with E-state index in [-0.39, 0.29) is 11.4 Å². The van der Waals surface area contributed by atoms with Crippen LogP contribution in [0.25, 0.3) is 0 Å². The largest absolute Gasteiger partial charge is 0.466 e. The maximum Gasteiger partial charge on any atom is 0.310 e. The summed E-state index contributed by atoms with van der Waals surface area (Å²) in [4.78, 5) is 11.0. The summed E-state index contributed by atoms with van der Waals surface area (Å²) in [6, 6.07) is 0. The molecule has 0 saturated carbocycles. The Bertz CT molecular complexity index is 250. The van der Waals surface area contributed by atoms with E-state index >= 15 is 0 Å². The normalized spacial score (nSPS) is 10.4. The molecule has 0 heterocycles. The highest BCUT2D eigenvalue weighted by molar-refractivity contribution is 5.71. The topological polar surface area (TPSA) is 26.3 Å². The third kappa shape index (κ3) is 5.60. The van der Waals surface area contributed by atoms with Crippen molar-refractivity contribution in [1.82, 2.24) is 0 Å². The second kappa shape index (κ2) is 5.66. The van der Waals surface area contributed by atoms with Gasteiger partial charge in [-0.25, -0.2) is 0 Å². The van der Waals surface area contributed by atoms with Crippen LogP contribution in [0.2, 0.25) is 0 Å². The average Bonchev–Trinajstić information content (AvgIpc) is 2.02. The van der Waals surface area contributed by atoms with Crippen molar-refractivity contribution in [2.24, 2.45) is 5.41 Å². The molecule has 0 radical (unpaired) electrons. The van der Waals surface area contributed by atoms with Gasteiger partial charge in [-0.2, -0.15) is 0 Å². The van der Waals surface area contributed by atoms with E-state index in [9.17, 15) is 4.79 Å². The molecular weight excluding hydrogens is 176 g/mol. The lowest BCUT2D eigenvalue weighted by atomic mass is 9.88. The van der Waals surface area contributed by atoms with Gasteiger partial charge in [0, 0.05) is 0 Å². The standard InChI is InChI=1S/C12H20O2/c1-6-14-11(13)9-7-8-10(2)12(3,4)5/h7H,6,9H2,1-5H3. The van der Waals surface area contributed by atoms with Gasteiger partial charge in [0.25, 0.3) is 0 Å². The molecule has 0 fully saturated rings. The maximum absolute atomic E-state index is 11.0. The summed E-state index contributed by atoms with van der Waals surface area (Å²) in [7, 11) is 0. The highest BCUT2D eigenvalue weighted by atomic mass is 16.5. The van der Waals surface area contributed by atoms with Gasteiger partial charge in [0.2, 0.25) is 0 Å². The van der Waals surface area contributed by atoms with Gasteiger partial charge in [0.15, 0.2) is 0 Å². The molecule has 0 aliphatic carbocycles. The zero-order valence-corrected chi connectivity index (χ0v) is 9.81. The Kier molecular flexibility index (Phi) is 5.26. The van der Waals surface area contributed by atoms with Crippen LogP contribution >= 0.6 is 0 Å². The van der Waals surface area contributed by atoms with E-state index in [2.05, 4.69) is 26.5 Å². The highest BCUT2D eigenvalue weighted by Crippen LogP contribution is 2.22. The first kappa shape index (κ1) is 13.0. The van der Waals surface area contributed by atoms with Crippen LogP contribution in [-0.2, 0) is 9.53 Å². The van der Waals surface area contributed by atoms with E-state index in [1.807, 2.05) is 6.92 Å². The quantitative estimate of drug-likeness (QED) is 0.512. The molecule has 0 N–H and O–H groups in total. The molecule has 0 spiro atoms. The predicted molar refractivity (Wildman–Crippen MR) is 58.0 cm³/mol. The SMILES string of the molecule is CCOC(=O)CC=C=C(C)C(C)(C)C. The monoisotopic (exact) mass is 196 g/mol. The van der Waals surface area contributed by atoms with Gasteiger partial charge in [-0.3, -0.25) is 4.79 Å². The smallest absolute Gasteiger partial charge is 0.310 e. The van der Waals surface area contributed by atoms with Crippen molar-refractivity contribution in [2.75, 3.05) is 6.61 Å². The Balaban J connectivity index is 4.23. The van der Waals surface area contributed by atoms with Crippen molar-refractivity contribution in [1.29, 1.82) is 0 Å². The number of carbonyl (C=O) groups is 1. The van der Waals surface area contributed by atoms with E-state index in [0.29, 0.717) is 13.0 Å². The van der Waals surface area contributed by atoms with E-state index in [1.165, 1.54) is 0 Å². The molecule has 0 aliphatic heterocycles. The first-order valence-corrected chi connectivity index (χ1v) is 4.95. The van der Waals surface area contributed by atoms with E-state index in [0.717, 1.165) is 5.57 Å². The minimum Gasteiger partial charge on any atom is -0.466 e. The van der Waals surface area contributed by atoms with Crippen molar-refractivity contribution in [2.45, 2.75) is 41.0 Å². The summed E-state index contributed by atoms with van der Waals surface area (Å²) in [5.41, 5.74) is 4.36. The number of carbonyl (C=O) groups excluding carboxylic acids is 1. The number of hydrogen-bond acceptors (Lipinski definition) is 2. The molecule has 0 bridgehead atoms. The molecule has 14 heavy (non-hydrogen) atoms. The van der Waals surface area contributed by atoms with Crippen LogP contribution in [0, 0.1) is 5.41 Å². The Morgan fingerprint density at radius 1 is 1.43 bits per heavy atom. The second-order valence-corrected chi connectivity index (χ2v) is 4.23. The van der Waals surface area contributed by atoms with Crippen molar-refractivity contribution >= 4 is 5.97 Å². The van der Waals surface area contributed by atoms with Crippen LogP contribution in [0.4, 0.5) is 0 Å². The summed E-state index contributed by atoms with van der Waals surface area (Å²) in [5.74, 6) is -0.193. The third-order valence-electron chi connectivity index (χ3n) is 2.02. The summed E-state index contributed by atoms with van der Waals surface area (Å²) >= 11 is 0. The van der Waals surface area contributed by atoms with Crippen molar-refractivity contribution in [3.63, 3.8) is 0 Å². The molecule has 2 nitrogen and oxygen atoms in total. The predicted octanol–water partition coefficient (Wildman–Crippen LogP) is 3.09. The first-order valence-electron chi connectivity index (χ1n) is 4.95. The Morgan fingerprint density at radius 3 is 2.43 bits per heavy atom. The maximum atomic E-state index is 11.0. The fourth-order valence-corrected chi connectivity index (χ4v) is 0.724. The van der Waals surface area contributed by atoms with Crippen LogP contribution in [0.15, 0.2) is 17.4 Å². The van der Waals surface area contributed by atoms with Crippen molar-refractivity contribution < 1.29 is 9.53 Å². The van der Waals surface area contributed by atoms with Crippen molar-refractivity contribution in [3.05, 3.63) is 17.4 Å². The van der Waals surface area contributed by atoms with Gasteiger partial charge in [-0.1, -0.05) is 20.8 Å². The molecule has 0 rings (SSSR count). The summed E-state index contributed by atoms with van der Waals surface area (Å²) in [5, 5.41) is 0. The lowest BCUT2D eigenvalue weighted by Gasteiger charge is -2.16. The molecule has 2 heteroatoms. The van der Waals surface area contributed by atoms with Crippen LogP contribution in [-0.4, -0.2) is 12.6 Å². The molecule has 0 aromatic carbocycles. The fraction of sp³-hybridized carbons (Fsp3) is 0.667. The summed E-state index contributed by atoms with van der Waals surface area (Å²) < 4.78 is 4.79. The lowest BCUT2D eigenvalue weighted by Crippen LogP contribution is -2.05. The number of rotatable bonds is 3. The molecule has 0 saturated heterocycles. The molecular formula is C12H20O2. The minimum atomic E-state index is -0.193. The number of ether oxygens (including phenoxy) is 1. The Hall–Kier alpha value is -1.01. The van der Waals surface area contributed by atoms with Gasteiger partial charge < -0.3 is 4.74 Å². The van der Waals surface area contributed by atoms with Gasteiger partial charge in [-0.05, 0) is 30.9 Å². The zero-order chi connectivity index (χ0) is 11.2. The summed E-state index contributed by atoms with van der Waals surface area (Å²) in [6.07, 6.45) is 2.04. The van der Waals surface area contributed by atoms with Crippen molar-refractivity contribution in [3.8, 4) is 0 Å². The molecule has 0 aromatic heterocycles. The van der Waals surface area contributed by atoms with Crippen LogP contribution in [0.3, 0.4) is 0 Å². The lowest BCUT2D eigenvalue weighted by molar-refractivity contribution is -0.142. The molecule has 0 amide bonds. The molecule has 80 valence electrons. The van der Waals surface area contributed by atoms with E-state index in [1.54, 1.807) is 13.0 Å². The molecule has 0 aliphatic rings. The zero-order valence-electron chi connectivity index (χ0n) is 9.81. The Labute approximate surface area is 86.6 Å². The minimum absolute atomic E-state index is 0.116. The summed E-state index contributed by atoms with van der Waals surface area (Å²) in [6.45, 7) is 10.6. The van der Waals surface area contributed by atoms with E-state index < -0.39 is 0 Å². The third-order valence-corrected chi connectivity index (χ3v) is 2.02. The highest BCUT2D eigenvalue weighted by Gasteiger charge is 2.11. The molecule has 0 unspecified atom stereocenters. The van der Waals surface area contributed by atoms with Gasteiger partial charge in [0.05, 0.1) is 13.0 Å². The number of hydrogen-bond donors (Lipinski definition) is 0. The molecule has 0 aromatic rings. The van der Waals surface area contributed by atoms with Crippen LogP contribution in [0.1, 0.15) is 41.0 Å². The van der Waals surface area contributed by atoms with Gasteiger partial charge in [-0.15, -0.1) is 5.73 Å². The number of esters is 1. The Morgan fingerprint density at radius 2 is 2.00 bits per heavy atom. The van der Waals surface area contributed by atoms with Crippen LogP contribution in [0.5, 0.6) is 0 Å². The second-order valence-electron chi connectivity index (χ2n) is 4.23. The molecule has 0 atom stereocenters. The van der Waals surface area contributed by atoms with Gasteiger partial charge in [0.1, 0.15) is 0 Å².